The lowest BCUT2D eigenvalue weighted by atomic mass is 9.60. The van der Waals surface area contributed by atoms with E-state index < -0.39 is 5.41 Å². The number of nitrogens with zero attached hydrogens (tertiary/aromatic N) is 2. The normalized spacial score (nSPS) is 19.0. The van der Waals surface area contributed by atoms with Gasteiger partial charge in [-0.05, 0) is 80.6 Å². The van der Waals surface area contributed by atoms with Crippen molar-refractivity contribution in [1.29, 1.82) is 0 Å². The smallest absolute Gasteiger partial charge is 0.160 e. The van der Waals surface area contributed by atoms with Gasteiger partial charge in [-0.3, -0.25) is 0 Å². The first-order valence-corrected chi connectivity index (χ1v) is 19.7. The van der Waals surface area contributed by atoms with E-state index in [2.05, 4.69) is 182 Å². The summed E-state index contributed by atoms with van der Waals surface area (Å²) in [4.78, 5) is 10.8. The van der Waals surface area contributed by atoms with E-state index in [1.807, 2.05) is 0 Å². The number of fused-ring (bicyclic) bond motifs is 13. The van der Waals surface area contributed by atoms with Crippen molar-refractivity contribution >= 4 is 42.4 Å². The van der Waals surface area contributed by atoms with E-state index in [1.54, 1.807) is 11.3 Å². The van der Waals surface area contributed by atoms with Crippen LogP contribution in [-0.2, 0) is 5.41 Å². The van der Waals surface area contributed by atoms with Gasteiger partial charge in [0.1, 0.15) is 11.9 Å². The van der Waals surface area contributed by atoms with Crippen molar-refractivity contribution < 1.29 is 4.74 Å². The van der Waals surface area contributed by atoms with Crippen LogP contribution in [0, 0.1) is 5.92 Å². The van der Waals surface area contributed by atoms with Crippen molar-refractivity contribution in [2.75, 3.05) is 0 Å². The second-order valence-corrected chi connectivity index (χ2v) is 15.9. The Hall–Kier alpha value is -6.62. The molecular weight excluding hydrogens is 689 g/mol. The average Bonchev–Trinajstić information content (AvgIpc) is 3.77. The molecule has 9 aromatic rings. The van der Waals surface area contributed by atoms with Crippen LogP contribution >= 0.6 is 11.3 Å². The molecule has 3 heterocycles. The van der Waals surface area contributed by atoms with Gasteiger partial charge in [-0.15, -0.1) is 11.3 Å². The number of hydrogen-bond donors (Lipinski definition) is 0. The highest BCUT2D eigenvalue weighted by Gasteiger charge is 2.56. The molecule has 0 fully saturated rings. The minimum Gasteiger partial charge on any atom is -0.485 e. The first-order valence-electron chi connectivity index (χ1n) is 18.9. The van der Waals surface area contributed by atoms with Crippen LogP contribution in [0.5, 0.6) is 5.75 Å². The van der Waals surface area contributed by atoms with Crippen LogP contribution in [0.1, 0.15) is 16.7 Å². The molecule has 7 aromatic carbocycles. The first-order chi connectivity index (χ1) is 27.2. The Bertz CT molecular complexity index is 3100. The molecular formula is C51H32N2OS. The van der Waals surface area contributed by atoms with Crippen molar-refractivity contribution in [3.63, 3.8) is 0 Å². The molecule has 3 atom stereocenters. The second kappa shape index (κ2) is 11.7. The third-order valence-corrected chi connectivity index (χ3v) is 13.1. The third kappa shape index (κ3) is 4.43. The second-order valence-electron chi connectivity index (χ2n) is 14.8. The lowest BCUT2D eigenvalue weighted by molar-refractivity contribution is 0.142. The van der Waals surface area contributed by atoms with E-state index in [9.17, 15) is 0 Å². The van der Waals surface area contributed by atoms with Crippen molar-refractivity contribution in [2.45, 2.75) is 11.5 Å². The molecule has 0 saturated heterocycles. The quantitative estimate of drug-likeness (QED) is 0.182. The Labute approximate surface area is 322 Å². The van der Waals surface area contributed by atoms with Crippen LogP contribution < -0.4 is 4.74 Å². The summed E-state index contributed by atoms with van der Waals surface area (Å²) in [5.74, 6) is 1.72. The Morgan fingerprint density at radius 2 is 1.27 bits per heavy atom. The first kappa shape index (κ1) is 30.8. The van der Waals surface area contributed by atoms with Gasteiger partial charge in [-0.25, -0.2) is 9.97 Å². The highest BCUT2D eigenvalue weighted by molar-refractivity contribution is 7.26. The molecule has 2 aliphatic carbocycles. The van der Waals surface area contributed by atoms with E-state index in [-0.39, 0.29) is 12.0 Å². The zero-order valence-electron chi connectivity index (χ0n) is 29.7. The van der Waals surface area contributed by atoms with Crippen LogP contribution in [-0.4, -0.2) is 16.1 Å². The molecule has 3 unspecified atom stereocenters. The van der Waals surface area contributed by atoms with Crippen molar-refractivity contribution in [3.05, 3.63) is 199 Å². The fraction of sp³-hybridized carbons (Fsp3) is 0.0588. The van der Waals surface area contributed by atoms with Gasteiger partial charge in [0.15, 0.2) is 5.82 Å². The van der Waals surface area contributed by atoms with Gasteiger partial charge in [0.2, 0.25) is 0 Å². The molecule has 0 saturated carbocycles. The maximum Gasteiger partial charge on any atom is 0.160 e. The van der Waals surface area contributed by atoms with E-state index in [1.165, 1.54) is 48.9 Å². The van der Waals surface area contributed by atoms with Crippen LogP contribution in [0.3, 0.4) is 0 Å². The van der Waals surface area contributed by atoms with E-state index in [0.29, 0.717) is 0 Å². The lowest BCUT2D eigenvalue weighted by Gasteiger charge is -2.47. The molecule has 4 heteroatoms. The Morgan fingerprint density at radius 1 is 0.527 bits per heavy atom. The van der Waals surface area contributed by atoms with Crippen molar-refractivity contribution in [2.24, 2.45) is 5.92 Å². The zero-order chi connectivity index (χ0) is 36.1. The molecule has 0 bridgehead atoms. The number of thiophene rings is 1. The van der Waals surface area contributed by atoms with Gasteiger partial charge in [-0.2, -0.15) is 0 Å². The van der Waals surface area contributed by atoms with Crippen molar-refractivity contribution in [3.8, 4) is 50.6 Å². The Kier molecular flexibility index (Phi) is 6.55. The molecule has 1 aliphatic heterocycles. The zero-order valence-corrected chi connectivity index (χ0v) is 30.5. The highest BCUT2D eigenvalue weighted by atomic mass is 32.1. The predicted octanol–water partition coefficient (Wildman–Crippen LogP) is 12.8. The van der Waals surface area contributed by atoms with Crippen LogP contribution in [0.15, 0.2) is 182 Å². The van der Waals surface area contributed by atoms with Crippen molar-refractivity contribution in [1.82, 2.24) is 9.97 Å². The number of hydrogen-bond acceptors (Lipinski definition) is 4. The summed E-state index contributed by atoms with van der Waals surface area (Å²) in [6.07, 6.45) is 8.82. The summed E-state index contributed by atoms with van der Waals surface area (Å²) in [5.41, 5.74) is 12.2. The summed E-state index contributed by atoms with van der Waals surface area (Å²) in [6.45, 7) is 0. The van der Waals surface area contributed by atoms with Gasteiger partial charge >= 0.3 is 0 Å². The summed E-state index contributed by atoms with van der Waals surface area (Å²) in [5, 5.41) is 3.55. The SMILES string of the molecule is C1=CC2Oc3cc4ccccc4cc3C3(c4ccccc4-c4ccc(-c5nc(-c6cccc(-c7ccccc7)c6)nc6c5sc5ccccc56)cc43)C2C=C1. The standard InChI is InChI=1S/C51H32N2OS/c1-2-13-31(14-3-1)32-17-12-18-36(27-32)50-52-47(49-48(53-50)39-20-7-11-24-46(39)55-49)35-25-26-38-37-19-6-8-21-40(37)51(42(38)29-35)41-22-9-10-23-44(41)54-45-30-34-16-5-4-15-33(34)28-43(45)51/h1-30,41,44H. The third-order valence-electron chi connectivity index (χ3n) is 11.9. The molecule has 2 aromatic heterocycles. The number of aromatic nitrogens is 2. The van der Waals surface area contributed by atoms with Gasteiger partial charge < -0.3 is 4.74 Å². The molecule has 1 spiro atoms. The number of ether oxygens (including phenoxy) is 1. The van der Waals surface area contributed by atoms with Gasteiger partial charge in [-0.1, -0.05) is 146 Å². The van der Waals surface area contributed by atoms with Gasteiger partial charge in [0.25, 0.3) is 0 Å². The largest absolute Gasteiger partial charge is 0.485 e. The summed E-state index contributed by atoms with van der Waals surface area (Å²) >= 11 is 1.78. The topological polar surface area (TPSA) is 35.0 Å². The monoisotopic (exact) mass is 720 g/mol. The van der Waals surface area contributed by atoms with Gasteiger partial charge in [0.05, 0.1) is 21.3 Å². The maximum absolute atomic E-state index is 6.92. The molecule has 0 radical (unpaired) electrons. The molecule has 3 aliphatic rings. The fourth-order valence-corrected chi connectivity index (χ4v) is 10.7. The van der Waals surface area contributed by atoms with E-state index in [0.717, 1.165) is 49.6 Å². The van der Waals surface area contributed by atoms with Crippen LogP contribution in [0.25, 0.3) is 76.0 Å². The molecule has 55 heavy (non-hydrogen) atoms. The minimum absolute atomic E-state index is 0.0508. The molecule has 12 rings (SSSR count). The molecule has 0 amide bonds. The fourth-order valence-electron chi connectivity index (χ4n) is 9.53. The molecule has 3 nitrogen and oxygen atoms in total. The highest BCUT2D eigenvalue weighted by Crippen LogP contribution is 2.62. The Morgan fingerprint density at radius 3 is 2.20 bits per heavy atom. The van der Waals surface area contributed by atoms with Gasteiger partial charge in [0, 0.05) is 32.7 Å². The minimum atomic E-state index is -0.482. The average molecular weight is 721 g/mol. The summed E-state index contributed by atoms with van der Waals surface area (Å²) in [7, 11) is 0. The Balaban J connectivity index is 1.14. The number of benzene rings is 7. The van der Waals surface area contributed by atoms with Crippen LogP contribution in [0.4, 0.5) is 0 Å². The maximum atomic E-state index is 6.92. The summed E-state index contributed by atoms with van der Waals surface area (Å²) in [6, 6.07) is 57.1. The lowest BCUT2D eigenvalue weighted by Crippen LogP contribution is -2.47. The molecule has 0 N–H and O–H groups in total. The predicted molar refractivity (Wildman–Crippen MR) is 227 cm³/mol. The number of rotatable bonds is 3. The van der Waals surface area contributed by atoms with E-state index in [4.69, 9.17) is 14.7 Å². The number of allylic oxidation sites excluding steroid dienone is 2. The summed E-state index contributed by atoms with van der Waals surface area (Å²) < 4.78 is 9.23. The van der Waals surface area contributed by atoms with Crippen LogP contribution in [0.2, 0.25) is 0 Å². The molecule has 258 valence electrons. The van der Waals surface area contributed by atoms with E-state index >= 15 is 0 Å².